The Hall–Kier alpha value is -1.31. The van der Waals surface area contributed by atoms with Crippen LogP contribution in [0.5, 0.6) is 0 Å². The quantitative estimate of drug-likeness (QED) is 0.666. The van der Waals surface area contributed by atoms with Crippen molar-refractivity contribution in [3.63, 3.8) is 0 Å². The number of amides is 2. The molecule has 0 atom stereocenters. The van der Waals surface area contributed by atoms with Gasteiger partial charge < -0.3 is 15.7 Å². The number of carboxylic acids is 1. The molecule has 1 rings (SSSR count). The average molecular weight is 292 g/mol. The zero-order chi connectivity index (χ0) is 14.9. The second-order valence-corrected chi connectivity index (χ2v) is 8.23. The summed E-state index contributed by atoms with van der Waals surface area (Å²) in [6.45, 7) is 2.92. The molecule has 0 saturated heterocycles. The van der Waals surface area contributed by atoms with Gasteiger partial charge in [-0.3, -0.25) is 0 Å². The minimum atomic E-state index is -3.31. The lowest BCUT2D eigenvalue weighted by Crippen LogP contribution is -2.62. The number of rotatable bonds is 5. The molecule has 19 heavy (non-hydrogen) atoms. The van der Waals surface area contributed by atoms with Crippen LogP contribution in [0.4, 0.5) is 4.79 Å². The fraction of sp³-hybridized carbons (Fsp3) is 0.818. The highest BCUT2D eigenvalue weighted by Crippen LogP contribution is 2.31. The van der Waals surface area contributed by atoms with E-state index in [1.807, 2.05) is 0 Å². The van der Waals surface area contributed by atoms with Gasteiger partial charge in [0.15, 0.2) is 9.84 Å². The monoisotopic (exact) mass is 292 g/mol. The van der Waals surface area contributed by atoms with Gasteiger partial charge >= 0.3 is 12.0 Å². The number of carbonyl (C=O) groups is 2. The van der Waals surface area contributed by atoms with Crippen molar-refractivity contribution < 1.29 is 23.1 Å². The van der Waals surface area contributed by atoms with E-state index in [-0.39, 0.29) is 6.54 Å². The number of aliphatic carboxylic acids is 1. The van der Waals surface area contributed by atoms with E-state index in [1.165, 1.54) is 13.8 Å². The largest absolute Gasteiger partial charge is 0.480 e. The van der Waals surface area contributed by atoms with Gasteiger partial charge in [0, 0.05) is 12.8 Å². The van der Waals surface area contributed by atoms with Crippen LogP contribution in [0.1, 0.15) is 33.1 Å². The third-order valence-electron chi connectivity index (χ3n) is 3.65. The van der Waals surface area contributed by atoms with Crippen LogP contribution >= 0.6 is 0 Å². The maximum atomic E-state index is 11.6. The fourth-order valence-electron chi connectivity index (χ4n) is 1.61. The summed E-state index contributed by atoms with van der Waals surface area (Å²) in [5, 5.41) is 13.9. The van der Waals surface area contributed by atoms with Crippen LogP contribution in [0.2, 0.25) is 0 Å². The summed E-state index contributed by atoms with van der Waals surface area (Å²) < 4.78 is 21.8. The minimum Gasteiger partial charge on any atom is -0.480 e. The maximum Gasteiger partial charge on any atom is 0.329 e. The Labute approximate surface area is 112 Å². The van der Waals surface area contributed by atoms with Gasteiger partial charge in [0.05, 0.1) is 4.75 Å². The van der Waals surface area contributed by atoms with E-state index in [2.05, 4.69) is 10.6 Å². The second kappa shape index (κ2) is 4.99. The molecule has 0 aromatic carbocycles. The van der Waals surface area contributed by atoms with E-state index in [1.54, 1.807) is 0 Å². The topological polar surface area (TPSA) is 113 Å². The first kappa shape index (κ1) is 15.7. The normalized spacial score (nSPS) is 18.3. The molecule has 1 saturated carbocycles. The Morgan fingerprint density at radius 2 is 1.84 bits per heavy atom. The molecular formula is C11H20N2O5S. The SMILES string of the molecule is CC(C)(CNC(=O)NC1(C(=O)O)CCC1)S(C)(=O)=O. The van der Waals surface area contributed by atoms with Gasteiger partial charge in [-0.1, -0.05) is 0 Å². The number of carboxylic acid groups (broad SMARTS) is 1. The molecule has 3 N–H and O–H groups in total. The van der Waals surface area contributed by atoms with Crippen LogP contribution in [0.3, 0.4) is 0 Å². The van der Waals surface area contributed by atoms with E-state index >= 15 is 0 Å². The summed E-state index contributed by atoms with van der Waals surface area (Å²) in [7, 11) is -3.31. The first-order valence-corrected chi connectivity index (χ1v) is 7.88. The lowest BCUT2D eigenvalue weighted by atomic mass is 9.77. The second-order valence-electron chi connectivity index (χ2n) is 5.58. The van der Waals surface area contributed by atoms with Crippen molar-refractivity contribution in [3.05, 3.63) is 0 Å². The third-order valence-corrected chi connectivity index (χ3v) is 5.80. The van der Waals surface area contributed by atoms with Crippen molar-refractivity contribution in [2.24, 2.45) is 0 Å². The first-order valence-electron chi connectivity index (χ1n) is 5.99. The summed E-state index contributed by atoms with van der Waals surface area (Å²) in [5.74, 6) is -1.06. The highest BCUT2D eigenvalue weighted by molar-refractivity contribution is 7.92. The summed E-state index contributed by atoms with van der Waals surface area (Å²) in [5.41, 5.74) is -1.20. The van der Waals surface area contributed by atoms with Gasteiger partial charge in [-0.05, 0) is 33.1 Å². The van der Waals surface area contributed by atoms with Crippen molar-refractivity contribution >= 4 is 21.8 Å². The van der Waals surface area contributed by atoms with Gasteiger partial charge in [-0.15, -0.1) is 0 Å². The van der Waals surface area contributed by atoms with Crippen LogP contribution in [-0.4, -0.2) is 48.6 Å². The molecular weight excluding hydrogens is 272 g/mol. The molecule has 0 heterocycles. The average Bonchev–Trinajstić information content (AvgIpc) is 2.18. The van der Waals surface area contributed by atoms with Gasteiger partial charge in [0.25, 0.3) is 0 Å². The van der Waals surface area contributed by atoms with Crippen molar-refractivity contribution in [2.45, 2.75) is 43.4 Å². The maximum absolute atomic E-state index is 11.6. The van der Waals surface area contributed by atoms with Crippen LogP contribution in [0.25, 0.3) is 0 Å². The molecule has 1 fully saturated rings. The van der Waals surface area contributed by atoms with Crippen molar-refractivity contribution in [1.82, 2.24) is 10.6 Å². The molecule has 0 unspecified atom stereocenters. The van der Waals surface area contributed by atoms with E-state index in [0.29, 0.717) is 12.8 Å². The Kier molecular flexibility index (Phi) is 4.14. The highest BCUT2D eigenvalue weighted by atomic mass is 32.2. The van der Waals surface area contributed by atoms with Crippen molar-refractivity contribution in [1.29, 1.82) is 0 Å². The van der Waals surface area contributed by atoms with Gasteiger partial charge in [0.2, 0.25) is 0 Å². The zero-order valence-electron chi connectivity index (χ0n) is 11.3. The molecule has 1 aliphatic carbocycles. The van der Waals surface area contributed by atoms with Gasteiger partial charge in [-0.25, -0.2) is 18.0 Å². The lowest BCUT2D eigenvalue weighted by Gasteiger charge is -2.38. The van der Waals surface area contributed by atoms with Crippen LogP contribution < -0.4 is 10.6 Å². The fourth-order valence-corrected chi connectivity index (χ4v) is 1.94. The third kappa shape index (κ3) is 3.37. The minimum absolute atomic E-state index is 0.0760. The summed E-state index contributed by atoms with van der Waals surface area (Å²) >= 11 is 0. The zero-order valence-corrected chi connectivity index (χ0v) is 12.1. The molecule has 1 aliphatic rings. The molecule has 0 aliphatic heterocycles. The van der Waals surface area contributed by atoms with Gasteiger partial charge in [0.1, 0.15) is 5.54 Å². The van der Waals surface area contributed by atoms with Crippen molar-refractivity contribution in [2.75, 3.05) is 12.8 Å². The number of sulfone groups is 1. The number of urea groups is 1. The smallest absolute Gasteiger partial charge is 0.329 e. The molecule has 110 valence electrons. The van der Waals surface area contributed by atoms with E-state index in [0.717, 1.165) is 12.7 Å². The molecule has 0 radical (unpaired) electrons. The summed E-state index contributed by atoms with van der Waals surface area (Å²) in [6.07, 6.45) is 2.63. The highest BCUT2D eigenvalue weighted by Gasteiger charge is 2.46. The molecule has 2 amide bonds. The summed E-state index contributed by atoms with van der Waals surface area (Å²) in [4.78, 5) is 22.7. The molecule has 7 nitrogen and oxygen atoms in total. The Morgan fingerprint density at radius 3 is 2.16 bits per heavy atom. The number of nitrogens with one attached hydrogen (secondary N) is 2. The predicted octanol–water partition coefficient (Wildman–Crippen LogP) is 0.116. The standard InChI is InChI=1S/C11H20N2O5S/c1-10(2,19(3,17)18)7-12-9(16)13-11(8(14)15)5-4-6-11/h4-7H2,1-3H3,(H,14,15)(H2,12,13,16). The van der Waals surface area contributed by atoms with E-state index in [9.17, 15) is 18.0 Å². The predicted molar refractivity (Wildman–Crippen MR) is 69.7 cm³/mol. The lowest BCUT2D eigenvalue weighted by molar-refractivity contribution is -0.148. The Morgan fingerprint density at radius 1 is 1.32 bits per heavy atom. The van der Waals surface area contributed by atoms with E-state index < -0.39 is 32.1 Å². The Balaban J connectivity index is 2.56. The van der Waals surface area contributed by atoms with Crippen LogP contribution in [0, 0.1) is 0 Å². The number of carbonyl (C=O) groups excluding carboxylic acids is 1. The molecule has 0 aromatic rings. The van der Waals surface area contributed by atoms with Crippen LogP contribution in [0.15, 0.2) is 0 Å². The first-order chi connectivity index (χ1) is 8.50. The van der Waals surface area contributed by atoms with E-state index in [4.69, 9.17) is 5.11 Å². The molecule has 0 aromatic heterocycles. The number of hydrogen-bond donors (Lipinski definition) is 3. The number of hydrogen-bond acceptors (Lipinski definition) is 4. The van der Waals surface area contributed by atoms with Gasteiger partial charge in [-0.2, -0.15) is 0 Å². The summed E-state index contributed by atoms with van der Waals surface area (Å²) in [6, 6.07) is -0.654. The van der Waals surface area contributed by atoms with Crippen molar-refractivity contribution in [3.8, 4) is 0 Å². The molecule has 0 bridgehead atoms. The molecule has 8 heteroatoms. The molecule has 0 spiro atoms. The van der Waals surface area contributed by atoms with Crippen LogP contribution in [-0.2, 0) is 14.6 Å². The Bertz CT molecular complexity index is 479.